The summed E-state index contributed by atoms with van der Waals surface area (Å²) in [6.07, 6.45) is 0.163. The molecule has 6 nitrogen and oxygen atoms in total. The first-order valence-corrected chi connectivity index (χ1v) is 6.90. The third-order valence-corrected chi connectivity index (χ3v) is 3.46. The van der Waals surface area contributed by atoms with Gasteiger partial charge in [0.25, 0.3) is 5.89 Å². The first kappa shape index (κ1) is 14.4. The normalized spacial score (nSPS) is 18.2. The molecule has 1 fully saturated rings. The molecule has 0 aromatic carbocycles. The Labute approximate surface area is 114 Å². The average Bonchev–Trinajstić information content (AvgIpc) is 2.87. The summed E-state index contributed by atoms with van der Waals surface area (Å²) < 4.78 is 10.7. The van der Waals surface area contributed by atoms with E-state index < -0.39 is 0 Å². The van der Waals surface area contributed by atoms with Crippen molar-refractivity contribution in [3.8, 4) is 0 Å². The second kappa shape index (κ2) is 5.98. The van der Waals surface area contributed by atoms with Gasteiger partial charge in [-0.25, -0.2) is 0 Å². The smallest absolute Gasteiger partial charge is 0.252 e. The van der Waals surface area contributed by atoms with Crippen molar-refractivity contribution in [1.82, 2.24) is 20.4 Å². The molecule has 1 saturated heterocycles. The predicted octanol–water partition coefficient (Wildman–Crippen LogP) is 1.13. The molecule has 0 spiro atoms. The SMILES string of the molecule is CC(C)OCc1nc(C(C)(C)N2CCNCC2)no1. The van der Waals surface area contributed by atoms with Crippen molar-refractivity contribution in [3.05, 3.63) is 11.7 Å². The van der Waals surface area contributed by atoms with E-state index in [1.807, 2.05) is 13.8 Å². The Morgan fingerprint density at radius 1 is 1.37 bits per heavy atom. The number of ether oxygens (including phenoxy) is 1. The van der Waals surface area contributed by atoms with Crippen LogP contribution < -0.4 is 5.32 Å². The van der Waals surface area contributed by atoms with E-state index >= 15 is 0 Å². The van der Waals surface area contributed by atoms with Crippen molar-refractivity contribution in [2.45, 2.75) is 45.9 Å². The minimum Gasteiger partial charge on any atom is -0.369 e. The summed E-state index contributed by atoms with van der Waals surface area (Å²) in [7, 11) is 0. The molecule has 1 aromatic rings. The molecule has 0 amide bonds. The van der Waals surface area contributed by atoms with Crippen molar-refractivity contribution in [3.63, 3.8) is 0 Å². The van der Waals surface area contributed by atoms with Crippen LogP contribution in [0.4, 0.5) is 0 Å². The van der Waals surface area contributed by atoms with Gasteiger partial charge in [0.05, 0.1) is 11.6 Å². The van der Waals surface area contributed by atoms with Gasteiger partial charge >= 0.3 is 0 Å². The van der Waals surface area contributed by atoms with E-state index in [0.717, 1.165) is 32.0 Å². The summed E-state index contributed by atoms with van der Waals surface area (Å²) in [5.74, 6) is 1.28. The summed E-state index contributed by atoms with van der Waals surface area (Å²) in [6.45, 7) is 12.6. The molecule has 0 atom stereocenters. The largest absolute Gasteiger partial charge is 0.369 e. The standard InChI is InChI=1S/C13H24N4O2/c1-10(2)18-9-11-15-12(16-19-11)13(3,4)17-7-5-14-6-8-17/h10,14H,5-9H2,1-4H3. The molecule has 2 rings (SSSR count). The van der Waals surface area contributed by atoms with E-state index in [1.165, 1.54) is 0 Å². The third-order valence-electron chi connectivity index (χ3n) is 3.46. The minimum atomic E-state index is -0.207. The molecule has 0 bridgehead atoms. The second-order valence-electron chi connectivity index (χ2n) is 5.67. The molecule has 6 heteroatoms. The maximum absolute atomic E-state index is 5.48. The van der Waals surface area contributed by atoms with E-state index in [0.29, 0.717) is 12.5 Å². The van der Waals surface area contributed by atoms with Crippen molar-refractivity contribution in [2.24, 2.45) is 0 Å². The van der Waals surface area contributed by atoms with Gasteiger partial charge in [-0.15, -0.1) is 0 Å². The lowest BCUT2D eigenvalue weighted by Gasteiger charge is -2.38. The Hall–Kier alpha value is -0.980. The van der Waals surface area contributed by atoms with E-state index in [9.17, 15) is 0 Å². The van der Waals surface area contributed by atoms with Gasteiger partial charge in [0.2, 0.25) is 0 Å². The van der Waals surface area contributed by atoms with Crippen LogP contribution in [-0.4, -0.2) is 47.3 Å². The quantitative estimate of drug-likeness (QED) is 0.864. The molecule has 0 radical (unpaired) electrons. The number of nitrogens with one attached hydrogen (secondary N) is 1. The maximum atomic E-state index is 5.48. The molecule has 0 aliphatic carbocycles. The number of hydrogen-bond acceptors (Lipinski definition) is 6. The zero-order valence-corrected chi connectivity index (χ0v) is 12.3. The lowest BCUT2D eigenvalue weighted by molar-refractivity contribution is 0.0485. The van der Waals surface area contributed by atoms with Crippen LogP contribution >= 0.6 is 0 Å². The van der Waals surface area contributed by atoms with Gasteiger partial charge < -0.3 is 14.6 Å². The lowest BCUT2D eigenvalue weighted by atomic mass is 10.0. The van der Waals surface area contributed by atoms with Crippen LogP contribution in [0.2, 0.25) is 0 Å². The fourth-order valence-corrected chi connectivity index (χ4v) is 2.17. The first-order chi connectivity index (χ1) is 9.00. The van der Waals surface area contributed by atoms with Crippen LogP contribution in [-0.2, 0) is 16.9 Å². The molecular formula is C13H24N4O2. The number of nitrogens with zero attached hydrogens (tertiary/aromatic N) is 3. The highest BCUT2D eigenvalue weighted by Crippen LogP contribution is 2.25. The fourth-order valence-electron chi connectivity index (χ4n) is 2.17. The Balaban J connectivity index is 2.03. The van der Waals surface area contributed by atoms with Crippen LogP contribution in [0.5, 0.6) is 0 Å². The van der Waals surface area contributed by atoms with Crippen LogP contribution in [0.25, 0.3) is 0 Å². The summed E-state index contributed by atoms with van der Waals surface area (Å²) in [5.41, 5.74) is -0.207. The second-order valence-corrected chi connectivity index (χ2v) is 5.67. The Morgan fingerprint density at radius 3 is 2.68 bits per heavy atom. The number of rotatable bonds is 5. The zero-order valence-electron chi connectivity index (χ0n) is 12.3. The molecule has 108 valence electrons. The minimum absolute atomic E-state index is 0.163. The van der Waals surface area contributed by atoms with Crippen molar-refractivity contribution >= 4 is 0 Å². The summed E-state index contributed by atoms with van der Waals surface area (Å²) >= 11 is 0. The maximum Gasteiger partial charge on any atom is 0.252 e. The number of hydrogen-bond donors (Lipinski definition) is 1. The van der Waals surface area contributed by atoms with E-state index in [4.69, 9.17) is 9.26 Å². The van der Waals surface area contributed by atoms with Gasteiger partial charge in [0.15, 0.2) is 5.82 Å². The van der Waals surface area contributed by atoms with Gasteiger partial charge in [-0.1, -0.05) is 5.16 Å². The van der Waals surface area contributed by atoms with Gasteiger partial charge in [-0.2, -0.15) is 4.98 Å². The fraction of sp³-hybridized carbons (Fsp3) is 0.846. The molecule has 1 aliphatic rings. The highest BCUT2D eigenvalue weighted by Gasteiger charge is 2.34. The van der Waals surface area contributed by atoms with Crippen molar-refractivity contribution in [1.29, 1.82) is 0 Å². The highest BCUT2D eigenvalue weighted by molar-refractivity contribution is 5.02. The molecule has 1 aromatic heterocycles. The summed E-state index contributed by atoms with van der Waals surface area (Å²) in [5, 5.41) is 7.46. The Bertz CT molecular complexity index is 397. The van der Waals surface area contributed by atoms with Gasteiger partial charge in [-0.05, 0) is 27.7 Å². The monoisotopic (exact) mass is 268 g/mol. The summed E-state index contributed by atoms with van der Waals surface area (Å²) in [4.78, 5) is 6.84. The zero-order chi connectivity index (χ0) is 13.9. The Kier molecular flexibility index (Phi) is 4.54. The molecule has 2 heterocycles. The summed E-state index contributed by atoms with van der Waals surface area (Å²) in [6, 6.07) is 0. The van der Waals surface area contributed by atoms with Crippen molar-refractivity contribution < 1.29 is 9.26 Å². The molecule has 0 unspecified atom stereocenters. The molecular weight excluding hydrogens is 244 g/mol. The number of aromatic nitrogens is 2. The first-order valence-electron chi connectivity index (χ1n) is 6.90. The van der Waals surface area contributed by atoms with Gasteiger partial charge in [0.1, 0.15) is 6.61 Å². The third kappa shape index (κ3) is 3.52. The van der Waals surface area contributed by atoms with Crippen LogP contribution in [0.15, 0.2) is 4.52 Å². The van der Waals surface area contributed by atoms with E-state index in [1.54, 1.807) is 0 Å². The van der Waals surface area contributed by atoms with E-state index in [-0.39, 0.29) is 11.6 Å². The Morgan fingerprint density at radius 2 is 2.05 bits per heavy atom. The van der Waals surface area contributed by atoms with Gasteiger partial charge in [-0.3, -0.25) is 4.90 Å². The van der Waals surface area contributed by atoms with Crippen molar-refractivity contribution in [2.75, 3.05) is 26.2 Å². The van der Waals surface area contributed by atoms with Crippen LogP contribution in [0.1, 0.15) is 39.4 Å². The predicted molar refractivity (Wildman–Crippen MR) is 71.7 cm³/mol. The molecule has 1 N–H and O–H groups in total. The molecule has 19 heavy (non-hydrogen) atoms. The van der Waals surface area contributed by atoms with Crippen LogP contribution in [0, 0.1) is 0 Å². The number of piperazine rings is 1. The average molecular weight is 268 g/mol. The van der Waals surface area contributed by atoms with E-state index in [2.05, 4.69) is 34.2 Å². The molecule has 1 aliphatic heterocycles. The molecule has 0 saturated carbocycles. The van der Waals surface area contributed by atoms with Gasteiger partial charge in [0, 0.05) is 26.2 Å². The highest BCUT2D eigenvalue weighted by atomic mass is 16.5. The lowest BCUT2D eigenvalue weighted by Crippen LogP contribution is -2.52. The van der Waals surface area contributed by atoms with Crippen LogP contribution in [0.3, 0.4) is 0 Å². The topological polar surface area (TPSA) is 63.4 Å².